The van der Waals surface area contributed by atoms with Gasteiger partial charge in [0.1, 0.15) is 0 Å². The highest BCUT2D eigenvalue weighted by Crippen LogP contribution is 2.41. The Kier molecular flexibility index (Phi) is 4.54. The molecule has 0 radical (unpaired) electrons. The zero-order valence-corrected chi connectivity index (χ0v) is 13.0. The van der Waals surface area contributed by atoms with Crippen molar-refractivity contribution in [2.45, 2.75) is 72.3 Å². The maximum Gasteiger partial charge on any atom is 0.203 e. The number of hydrogen-bond acceptors (Lipinski definition) is 2. The molecular formula is C16H29N3. The molecule has 0 aliphatic heterocycles. The summed E-state index contributed by atoms with van der Waals surface area (Å²) in [6.07, 6.45) is 9.91. The van der Waals surface area contributed by atoms with Crippen molar-refractivity contribution >= 4 is 5.95 Å². The normalized spacial score (nSPS) is 22.4. The predicted octanol–water partition coefficient (Wildman–Crippen LogP) is 4.54. The molecule has 1 aliphatic carbocycles. The average molecular weight is 263 g/mol. The fourth-order valence-electron chi connectivity index (χ4n) is 3.20. The monoisotopic (exact) mass is 263 g/mol. The van der Waals surface area contributed by atoms with E-state index in [-0.39, 0.29) is 0 Å². The van der Waals surface area contributed by atoms with Gasteiger partial charge in [-0.3, -0.25) is 0 Å². The van der Waals surface area contributed by atoms with Gasteiger partial charge in [-0.05, 0) is 38.0 Å². The molecule has 0 spiro atoms. The molecule has 1 heterocycles. The third-order valence-corrected chi connectivity index (χ3v) is 4.24. The Morgan fingerprint density at radius 1 is 1.47 bits per heavy atom. The van der Waals surface area contributed by atoms with Crippen molar-refractivity contribution in [1.82, 2.24) is 9.55 Å². The van der Waals surface area contributed by atoms with Gasteiger partial charge in [0.25, 0.3) is 0 Å². The number of hydrogen-bond donors (Lipinski definition) is 1. The van der Waals surface area contributed by atoms with E-state index in [1.165, 1.54) is 38.5 Å². The minimum absolute atomic E-state index is 0.474. The van der Waals surface area contributed by atoms with Crippen LogP contribution in [0.15, 0.2) is 6.20 Å². The van der Waals surface area contributed by atoms with Gasteiger partial charge in [0, 0.05) is 18.8 Å². The van der Waals surface area contributed by atoms with Crippen molar-refractivity contribution in [1.29, 1.82) is 0 Å². The Labute approximate surface area is 117 Å². The van der Waals surface area contributed by atoms with Crippen molar-refractivity contribution in [3.05, 3.63) is 11.9 Å². The molecule has 1 unspecified atom stereocenters. The molecule has 2 rings (SSSR count). The first-order chi connectivity index (χ1) is 9.02. The summed E-state index contributed by atoms with van der Waals surface area (Å²) in [6, 6.07) is 0.620. The van der Waals surface area contributed by atoms with Crippen LogP contribution in [0.5, 0.6) is 0 Å². The molecule has 108 valence electrons. The first-order valence-corrected chi connectivity index (χ1v) is 7.81. The van der Waals surface area contributed by atoms with Crippen LogP contribution in [0.25, 0.3) is 0 Å². The molecule has 0 saturated heterocycles. The summed E-state index contributed by atoms with van der Waals surface area (Å²) in [5.41, 5.74) is 1.60. The smallest absolute Gasteiger partial charge is 0.203 e. The second kappa shape index (κ2) is 5.98. The Hall–Kier alpha value is -0.990. The topological polar surface area (TPSA) is 29.9 Å². The number of nitrogens with zero attached hydrogens (tertiary/aromatic N) is 2. The van der Waals surface area contributed by atoms with Gasteiger partial charge in [-0.1, -0.05) is 33.6 Å². The lowest BCUT2D eigenvalue weighted by atomic mass is 9.75. The van der Waals surface area contributed by atoms with Gasteiger partial charge in [-0.15, -0.1) is 0 Å². The minimum Gasteiger partial charge on any atom is -0.356 e. The van der Waals surface area contributed by atoms with Crippen LogP contribution in [-0.2, 0) is 0 Å². The largest absolute Gasteiger partial charge is 0.356 e. The van der Waals surface area contributed by atoms with Crippen LogP contribution in [-0.4, -0.2) is 16.1 Å². The number of aryl methyl sites for hydroxylation is 1. The van der Waals surface area contributed by atoms with Crippen LogP contribution in [0.3, 0.4) is 0 Å². The Morgan fingerprint density at radius 2 is 2.26 bits per heavy atom. The molecule has 0 amide bonds. The lowest BCUT2D eigenvalue weighted by Crippen LogP contribution is -2.25. The Bertz CT molecular complexity index is 406. The molecule has 3 heteroatoms. The van der Waals surface area contributed by atoms with Crippen molar-refractivity contribution in [3.63, 3.8) is 0 Å². The molecule has 19 heavy (non-hydrogen) atoms. The van der Waals surface area contributed by atoms with E-state index in [1.54, 1.807) is 0 Å². The summed E-state index contributed by atoms with van der Waals surface area (Å²) in [5, 5.41) is 3.51. The lowest BCUT2D eigenvalue weighted by molar-refractivity contribution is 0.184. The zero-order valence-electron chi connectivity index (χ0n) is 13.0. The molecule has 3 nitrogen and oxygen atoms in total. The van der Waals surface area contributed by atoms with E-state index in [0.717, 1.165) is 18.2 Å². The van der Waals surface area contributed by atoms with Gasteiger partial charge in [-0.2, -0.15) is 0 Å². The number of aromatic nitrogens is 2. The van der Waals surface area contributed by atoms with Gasteiger partial charge in [0.15, 0.2) is 0 Å². The van der Waals surface area contributed by atoms with Gasteiger partial charge in [0.2, 0.25) is 5.95 Å². The van der Waals surface area contributed by atoms with Crippen LogP contribution in [0.4, 0.5) is 5.95 Å². The molecule has 1 fully saturated rings. The first-order valence-electron chi connectivity index (χ1n) is 7.81. The third-order valence-electron chi connectivity index (χ3n) is 4.24. The molecule has 1 saturated carbocycles. The third kappa shape index (κ3) is 3.74. The fraction of sp³-hybridized carbons (Fsp3) is 0.812. The van der Waals surface area contributed by atoms with Crippen molar-refractivity contribution in [2.75, 3.05) is 11.9 Å². The average Bonchev–Trinajstić information content (AvgIpc) is 2.70. The molecule has 1 aliphatic rings. The zero-order chi connectivity index (χ0) is 13.9. The number of nitrogens with one attached hydrogen (secondary N) is 1. The fourth-order valence-corrected chi connectivity index (χ4v) is 3.20. The maximum atomic E-state index is 4.66. The molecule has 0 bridgehead atoms. The highest BCUT2D eigenvalue weighted by Gasteiger charge is 2.30. The standard InChI is InChI=1S/C16H29N3/c1-5-6-10-17-15-18-13(2)12-19(15)14-8-7-9-16(3,4)11-14/h12,14H,5-11H2,1-4H3,(H,17,18). The highest BCUT2D eigenvalue weighted by molar-refractivity contribution is 5.29. The number of rotatable bonds is 5. The van der Waals surface area contributed by atoms with Gasteiger partial charge in [0.05, 0.1) is 5.69 Å². The van der Waals surface area contributed by atoms with Crippen LogP contribution in [0.1, 0.15) is 71.0 Å². The van der Waals surface area contributed by atoms with Crippen molar-refractivity contribution < 1.29 is 0 Å². The summed E-state index contributed by atoms with van der Waals surface area (Å²) >= 11 is 0. The molecule has 1 aromatic heterocycles. The lowest BCUT2D eigenvalue weighted by Gasteiger charge is -2.36. The number of anilines is 1. The second-order valence-electron chi connectivity index (χ2n) is 6.81. The van der Waals surface area contributed by atoms with Gasteiger partial charge in [-0.25, -0.2) is 4.98 Å². The summed E-state index contributed by atoms with van der Waals surface area (Å²) in [5.74, 6) is 1.08. The second-order valence-corrected chi connectivity index (χ2v) is 6.81. The summed E-state index contributed by atoms with van der Waals surface area (Å²) in [7, 11) is 0. The Morgan fingerprint density at radius 3 is 2.95 bits per heavy atom. The van der Waals surface area contributed by atoms with E-state index in [1.807, 2.05) is 0 Å². The van der Waals surface area contributed by atoms with E-state index in [2.05, 4.69) is 48.8 Å². The molecular weight excluding hydrogens is 234 g/mol. The van der Waals surface area contributed by atoms with E-state index < -0.39 is 0 Å². The molecule has 1 aromatic rings. The first kappa shape index (κ1) is 14.4. The van der Waals surface area contributed by atoms with Crippen molar-refractivity contribution in [2.24, 2.45) is 5.41 Å². The van der Waals surface area contributed by atoms with Crippen molar-refractivity contribution in [3.8, 4) is 0 Å². The van der Waals surface area contributed by atoms with E-state index >= 15 is 0 Å². The van der Waals surface area contributed by atoms with Crippen LogP contribution < -0.4 is 5.32 Å². The van der Waals surface area contributed by atoms with E-state index in [0.29, 0.717) is 11.5 Å². The predicted molar refractivity (Wildman–Crippen MR) is 81.6 cm³/mol. The van der Waals surface area contributed by atoms with E-state index in [9.17, 15) is 0 Å². The minimum atomic E-state index is 0.474. The molecule has 1 N–H and O–H groups in total. The van der Waals surface area contributed by atoms with Crippen LogP contribution in [0.2, 0.25) is 0 Å². The quantitative estimate of drug-likeness (QED) is 0.790. The molecule has 1 atom stereocenters. The summed E-state index contributed by atoms with van der Waals surface area (Å²) in [4.78, 5) is 4.66. The van der Waals surface area contributed by atoms with Crippen LogP contribution >= 0.6 is 0 Å². The summed E-state index contributed by atoms with van der Waals surface area (Å²) < 4.78 is 2.39. The highest BCUT2D eigenvalue weighted by atomic mass is 15.2. The maximum absolute atomic E-state index is 4.66. The van der Waals surface area contributed by atoms with E-state index in [4.69, 9.17) is 0 Å². The number of unbranched alkanes of at least 4 members (excludes halogenated alkanes) is 1. The SMILES string of the molecule is CCCCNc1nc(C)cn1C1CCCC(C)(C)C1. The molecule has 0 aromatic carbocycles. The van der Waals surface area contributed by atoms with Crippen LogP contribution in [0, 0.1) is 12.3 Å². The van der Waals surface area contributed by atoms with Gasteiger partial charge >= 0.3 is 0 Å². The summed E-state index contributed by atoms with van der Waals surface area (Å²) in [6.45, 7) is 10.1. The Balaban J connectivity index is 2.10. The number of imidazole rings is 1. The van der Waals surface area contributed by atoms with Gasteiger partial charge < -0.3 is 9.88 Å².